The van der Waals surface area contributed by atoms with Gasteiger partial charge in [-0.3, -0.25) is 14.4 Å². The average Bonchev–Trinajstić information content (AvgIpc) is 2.51. The number of aromatic amines is 1. The zero-order chi connectivity index (χ0) is 14.6. The van der Waals surface area contributed by atoms with Gasteiger partial charge in [0.2, 0.25) is 5.56 Å². The molecule has 1 N–H and O–H groups in total. The van der Waals surface area contributed by atoms with Crippen molar-refractivity contribution in [2.75, 3.05) is 0 Å². The van der Waals surface area contributed by atoms with Crippen molar-refractivity contribution in [1.29, 1.82) is 0 Å². The maximum absolute atomic E-state index is 12.7. The van der Waals surface area contributed by atoms with E-state index >= 15 is 0 Å². The number of aromatic nitrogens is 1. The van der Waals surface area contributed by atoms with Gasteiger partial charge in [-0.2, -0.15) is 0 Å². The van der Waals surface area contributed by atoms with E-state index in [2.05, 4.69) is 4.98 Å². The van der Waals surface area contributed by atoms with Crippen LogP contribution in [-0.4, -0.2) is 16.6 Å². The van der Waals surface area contributed by atoms with E-state index in [0.29, 0.717) is 12.0 Å². The summed E-state index contributed by atoms with van der Waals surface area (Å²) < 4.78 is 0. The van der Waals surface area contributed by atoms with Crippen LogP contribution in [0.4, 0.5) is 0 Å². The highest BCUT2D eigenvalue weighted by atomic mass is 16.1. The van der Waals surface area contributed by atoms with Gasteiger partial charge in [-0.05, 0) is 44.6 Å². The summed E-state index contributed by atoms with van der Waals surface area (Å²) in [6.45, 7) is 0. The zero-order valence-electron chi connectivity index (χ0n) is 11.8. The quantitative estimate of drug-likeness (QED) is 0.744. The minimum Gasteiger partial charge on any atom is -0.319 e. The van der Waals surface area contributed by atoms with Gasteiger partial charge >= 0.3 is 0 Å². The minimum atomic E-state index is -0.318. The molecule has 3 aliphatic carbocycles. The fourth-order valence-corrected chi connectivity index (χ4v) is 4.15. The molecule has 1 aromatic rings. The van der Waals surface area contributed by atoms with Crippen molar-refractivity contribution in [3.63, 3.8) is 0 Å². The Morgan fingerprint density at radius 1 is 0.857 bits per heavy atom. The van der Waals surface area contributed by atoms with Gasteiger partial charge in [0.05, 0.1) is 5.69 Å². The second-order valence-electron chi connectivity index (χ2n) is 6.38. The average molecular weight is 283 g/mol. The minimum absolute atomic E-state index is 0.0305. The van der Waals surface area contributed by atoms with Gasteiger partial charge in [-0.15, -0.1) is 0 Å². The third-order valence-electron chi connectivity index (χ3n) is 5.23. The molecule has 0 spiro atoms. The Morgan fingerprint density at radius 3 is 2.14 bits per heavy atom. The SMILES string of the molecule is O=C1c2ccc(=O)[nH]c2C(=O)[C@H]2CC3=C(CCCC3)C[C@H]12. The molecule has 108 valence electrons. The molecule has 0 unspecified atom stereocenters. The molecule has 0 amide bonds. The molecule has 4 rings (SSSR count). The zero-order valence-corrected chi connectivity index (χ0v) is 11.8. The van der Waals surface area contributed by atoms with Crippen LogP contribution < -0.4 is 5.56 Å². The van der Waals surface area contributed by atoms with Crippen molar-refractivity contribution in [2.24, 2.45) is 11.8 Å². The number of H-pyrrole nitrogens is 1. The highest BCUT2D eigenvalue weighted by molar-refractivity contribution is 6.15. The molecule has 4 heteroatoms. The summed E-state index contributed by atoms with van der Waals surface area (Å²) in [6, 6.07) is 2.84. The van der Waals surface area contributed by atoms with E-state index in [9.17, 15) is 14.4 Å². The van der Waals surface area contributed by atoms with Crippen molar-refractivity contribution in [2.45, 2.75) is 38.5 Å². The van der Waals surface area contributed by atoms with E-state index in [1.165, 1.54) is 36.1 Å². The van der Waals surface area contributed by atoms with Gasteiger partial charge in [0, 0.05) is 23.5 Å². The lowest BCUT2D eigenvalue weighted by molar-refractivity contribution is 0.0712. The fraction of sp³-hybridized carbons (Fsp3) is 0.471. The molecule has 1 aromatic heterocycles. The number of nitrogens with one attached hydrogen (secondary N) is 1. The molecule has 0 aliphatic heterocycles. The number of allylic oxidation sites excluding steroid dienone is 2. The van der Waals surface area contributed by atoms with Gasteiger partial charge in [0.1, 0.15) is 0 Å². The maximum Gasteiger partial charge on any atom is 0.248 e. The van der Waals surface area contributed by atoms with E-state index < -0.39 is 0 Å². The summed E-state index contributed by atoms with van der Waals surface area (Å²) in [7, 11) is 0. The topological polar surface area (TPSA) is 67.0 Å². The molecule has 0 saturated carbocycles. The number of pyridine rings is 1. The number of carbonyl (C=O) groups is 2. The first-order chi connectivity index (χ1) is 10.1. The summed E-state index contributed by atoms with van der Waals surface area (Å²) in [4.78, 5) is 39.4. The van der Waals surface area contributed by atoms with Crippen molar-refractivity contribution in [1.82, 2.24) is 4.98 Å². The van der Waals surface area contributed by atoms with Gasteiger partial charge in [0.15, 0.2) is 11.6 Å². The Balaban J connectivity index is 1.80. The van der Waals surface area contributed by atoms with Crippen LogP contribution in [0.25, 0.3) is 0 Å². The largest absolute Gasteiger partial charge is 0.319 e. The van der Waals surface area contributed by atoms with Gasteiger partial charge in [0.25, 0.3) is 0 Å². The van der Waals surface area contributed by atoms with Crippen molar-refractivity contribution in [3.05, 3.63) is 44.9 Å². The number of hydrogen-bond donors (Lipinski definition) is 1. The van der Waals surface area contributed by atoms with Crippen LogP contribution in [0.3, 0.4) is 0 Å². The fourth-order valence-electron chi connectivity index (χ4n) is 4.15. The third kappa shape index (κ3) is 1.85. The molecule has 21 heavy (non-hydrogen) atoms. The van der Waals surface area contributed by atoms with Crippen molar-refractivity contribution >= 4 is 11.6 Å². The van der Waals surface area contributed by atoms with Crippen LogP contribution in [0.15, 0.2) is 28.1 Å². The first-order valence-corrected chi connectivity index (χ1v) is 7.66. The summed E-state index contributed by atoms with van der Waals surface area (Å²) in [5.41, 5.74) is 3.12. The predicted molar refractivity (Wildman–Crippen MR) is 77.4 cm³/mol. The monoisotopic (exact) mass is 283 g/mol. The normalized spacial score (nSPS) is 28.0. The Bertz CT molecular complexity index is 741. The highest BCUT2D eigenvalue weighted by Crippen LogP contribution is 2.45. The summed E-state index contributed by atoms with van der Waals surface area (Å²) in [5, 5.41) is 0. The van der Waals surface area contributed by atoms with Crippen LogP contribution in [0, 0.1) is 11.8 Å². The van der Waals surface area contributed by atoms with E-state index in [4.69, 9.17) is 0 Å². The van der Waals surface area contributed by atoms with Crippen molar-refractivity contribution < 1.29 is 9.59 Å². The lowest BCUT2D eigenvalue weighted by atomic mass is 9.65. The van der Waals surface area contributed by atoms with Gasteiger partial charge in [-0.25, -0.2) is 0 Å². The number of hydrogen-bond acceptors (Lipinski definition) is 3. The number of ketones is 2. The van der Waals surface area contributed by atoms with Crippen LogP contribution >= 0.6 is 0 Å². The molecule has 4 nitrogen and oxygen atoms in total. The van der Waals surface area contributed by atoms with Crippen LogP contribution in [-0.2, 0) is 0 Å². The van der Waals surface area contributed by atoms with Crippen LogP contribution in [0.5, 0.6) is 0 Å². The molecule has 2 atom stereocenters. The number of rotatable bonds is 0. The number of fused-ring (bicyclic) bond motifs is 2. The number of carbonyl (C=O) groups excluding carboxylic acids is 2. The predicted octanol–water partition coefficient (Wildman–Crippen LogP) is 2.65. The molecule has 0 aromatic carbocycles. The summed E-state index contributed by atoms with van der Waals surface area (Å²) in [6.07, 6.45) is 5.98. The first-order valence-electron chi connectivity index (χ1n) is 7.66. The molecular formula is C17H17NO3. The Labute approximate surface area is 122 Å². The smallest absolute Gasteiger partial charge is 0.248 e. The molecule has 1 heterocycles. The Kier molecular flexibility index (Phi) is 2.74. The molecule has 0 bridgehead atoms. The number of Topliss-reactive ketones (excluding diaryl/α,β-unsaturated/α-hetero) is 2. The lowest BCUT2D eigenvalue weighted by Gasteiger charge is -2.38. The van der Waals surface area contributed by atoms with Crippen molar-refractivity contribution in [3.8, 4) is 0 Å². The maximum atomic E-state index is 12.7. The molecule has 0 saturated heterocycles. The van der Waals surface area contributed by atoms with Gasteiger partial charge in [-0.1, -0.05) is 11.1 Å². The van der Waals surface area contributed by atoms with Crippen LogP contribution in [0.1, 0.15) is 59.4 Å². The van der Waals surface area contributed by atoms with E-state index in [1.807, 2.05) is 0 Å². The highest BCUT2D eigenvalue weighted by Gasteiger charge is 2.45. The Morgan fingerprint density at radius 2 is 1.48 bits per heavy atom. The van der Waals surface area contributed by atoms with E-state index in [0.717, 1.165) is 19.3 Å². The molecule has 3 aliphatic rings. The molecule has 0 radical (unpaired) electrons. The molecular weight excluding hydrogens is 266 g/mol. The summed E-state index contributed by atoms with van der Waals surface area (Å²) >= 11 is 0. The van der Waals surface area contributed by atoms with Crippen LogP contribution in [0.2, 0.25) is 0 Å². The first kappa shape index (κ1) is 12.7. The Hall–Kier alpha value is -1.97. The lowest BCUT2D eigenvalue weighted by Crippen LogP contribution is -2.41. The van der Waals surface area contributed by atoms with E-state index in [-0.39, 0.29) is 34.7 Å². The standard InChI is InChI=1S/C17H17NO3/c19-14-6-5-11-15(18-14)17(21)13-8-10-4-2-1-3-9(10)7-12(13)16(11)20/h5-6,12-13H,1-4,7-8H2,(H,18,19)/t12-,13-/m0/s1. The third-order valence-corrected chi connectivity index (χ3v) is 5.23. The second kappa shape index (κ2) is 4.52. The molecule has 0 fully saturated rings. The van der Waals surface area contributed by atoms with E-state index in [1.54, 1.807) is 0 Å². The van der Waals surface area contributed by atoms with Gasteiger partial charge < -0.3 is 4.98 Å². The second-order valence-corrected chi connectivity index (χ2v) is 6.38. The summed E-state index contributed by atoms with van der Waals surface area (Å²) in [5.74, 6) is -0.500.